The zero-order valence-corrected chi connectivity index (χ0v) is 14.3. The number of nitrogens with zero attached hydrogens (tertiary/aromatic N) is 3. The van der Waals surface area contributed by atoms with E-state index in [2.05, 4.69) is 24.3 Å². The molecule has 0 radical (unpaired) electrons. The molecule has 2 bridgehead atoms. The van der Waals surface area contributed by atoms with Gasteiger partial charge in [0.2, 0.25) is 0 Å². The summed E-state index contributed by atoms with van der Waals surface area (Å²) in [6.07, 6.45) is 0. The maximum atomic E-state index is 13.3. The van der Waals surface area contributed by atoms with Gasteiger partial charge in [-0.3, -0.25) is 0 Å². The fraction of sp³-hybridized carbons (Fsp3) is 0.0909. The van der Waals surface area contributed by atoms with Crippen LogP contribution in [0.1, 0.15) is 34.3 Å². The molecule has 3 aromatic carbocycles. The number of hydrogen-bond donors (Lipinski definition) is 0. The minimum Gasteiger partial charge on any atom is -0.245 e. The molecule has 1 aromatic heterocycles. The van der Waals surface area contributed by atoms with E-state index in [0.717, 1.165) is 22.3 Å². The van der Waals surface area contributed by atoms with E-state index in [0.29, 0.717) is 5.69 Å². The molecule has 27 heavy (non-hydrogen) atoms. The van der Waals surface area contributed by atoms with Crippen LogP contribution in [0.2, 0.25) is 0 Å². The van der Waals surface area contributed by atoms with Crippen molar-refractivity contribution >= 4 is 0 Å². The van der Waals surface area contributed by atoms with Crippen LogP contribution in [0.5, 0.6) is 0 Å². The van der Waals surface area contributed by atoms with Crippen LogP contribution in [0.4, 0.5) is 0 Å². The predicted octanol–water partition coefficient (Wildman–Crippen LogP) is 2.70. The van der Waals surface area contributed by atoms with E-state index in [-0.39, 0.29) is 23.5 Å². The molecule has 3 heterocycles. The summed E-state index contributed by atoms with van der Waals surface area (Å²) in [5.41, 5.74) is 4.36. The van der Waals surface area contributed by atoms with Gasteiger partial charge in [-0.25, -0.2) is 23.5 Å². The maximum absolute atomic E-state index is 13.3. The molecule has 5 heteroatoms. The molecule has 0 N–H and O–H groups in total. The molecule has 130 valence electrons. The Bertz CT molecular complexity index is 1200. The minimum atomic E-state index is -0.301. The molecular formula is C22H15N3O2. The topological polar surface area (TPSA) is 48.9 Å². The molecular weight excluding hydrogens is 338 g/mol. The van der Waals surface area contributed by atoms with Crippen molar-refractivity contribution in [2.45, 2.75) is 12.1 Å². The average molecular weight is 353 g/mol. The molecule has 0 spiro atoms. The van der Waals surface area contributed by atoms with Crippen LogP contribution in [0, 0.1) is 0 Å². The van der Waals surface area contributed by atoms with Crippen molar-refractivity contribution in [2.24, 2.45) is 0 Å². The first kappa shape index (κ1) is 14.6. The molecule has 3 aliphatic rings. The summed E-state index contributed by atoms with van der Waals surface area (Å²) in [5.74, 6) is 0. The normalized spacial score (nSPS) is 18.7. The van der Waals surface area contributed by atoms with E-state index in [4.69, 9.17) is 0 Å². The van der Waals surface area contributed by atoms with Gasteiger partial charge in [0.1, 0.15) is 12.1 Å². The van der Waals surface area contributed by atoms with Gasteiger partial charge in [-0.2, -0.15) is 0 Å². The SMILES string of the molecule is O=c1n(-c2ccccc2)c(=O)n2n1C1c3ccccc3C2c2ccccc21. The third-order valence-corrected chi connectivity index (χ3v) is 5.68. The van der Waals surface area contributed by atoms with Crippen molar-refractivity contribution in [1.82, 2.24) is 13.9 Å². The lowest BCUT2D eigenvalue weighted by Crippen LogP contribution is -2.44. The first-order chi connectivity index (χ1) is 13.3. The van der Waals surface area contributed by atoms with E-state index in [1.54, 1.807) is 21.5 Å². The van der Waals surface area contributed by atoms with Crippen molar-refractivity contribution in [3.05, 3.63) is 122 Å². The van der Waals surface area contributed by atoms with E-state index in [9.17, 15) is 9.59 Å². The van der Waals surface area contributed by atoms with Gasteiger partial charge in [0, 0.05) is 0 Å². The molecule has 0 saturated heterocycles. The van der Waals surface area contributed by atoms with Crippen LogP contribution < -0.4 is 11.4 Å². The average Bonchev–Trinajstić information content (AvgIpc) is 3.00. The number of rotatable bonds is 1. The summed E-state index contributed by atoms with van der Waals surface area (Å²) in [7, 11) is 0. The maximum Gasteiger partial charge on any atom is 0.352 e. The summed E-state index contributed by atoms with van der Waals surface area (Å²) in [4.78, 5) is 26.7. The van der Waals surface area contributed by atoms with Crippen molar-refractivity contribution in [1.29, 1.82) is 0 Å². The quantitative estimate of drug-likeness (QED) is 0.456. The monoisotopic (exact) mass is 353 g/mol. The van der Waals surface area contributed by atoms with Gasteiger partial charge in [-0.1, -0.05) is 66.7 Å². The Labute approximate surface area is 154 Å². The summed E-state index contributed by atoms with van der Waals surface area (Å²) >= 11 is 0. The van der Waals surface area contributed by atoms with Crippen molar-refractivity contribution in [3.63, 3.8) is 0 Å². The summed E-state index contributed by atoms with van der Waals surface area (Å²) in [6, 6.07) is 24.7. The molecule has 5 nitrogen and oxygen atoms in total. The Balaban J connectivity index is 1.75. The lowest BCUT2D eigenvalue weighted by Gasteiger charge is -2.41. The van der Waals surface area contributed by atoms with Crippen LogP contribution in [0.25, 0.3) is 5.69 Å². The largest absolute Gasteiger partial charge is 0.352 e. The lowest BCUT2D eigenvalue weighted by molar-refractivity contribution is 0.350. The molecule has 0 atom stereocenters. The predicted molar refractivity (Wildman–Crippen MR) is 102 cm³/mol. The molecule has 7 rings (SSSR count). The van der Waals surface area contributed by atoms with Crippen molar-refractivity contribution in [3.8, 4) is 5.69 Å². The van der Waals surface area contributed by atoms with E-state index < -0.39 is 0 Å². The first-order valence-electron chi connectivity index (χ1n) is 8.96. The second-order valence-electron chi connectivity index (χ2n) is 6.99. The van der Waals surface area contributed by atoms with Gasteiger partial charge >= 0.3 is 11.4 Å². The Hall–Kier alpha value is -3.60. The summed E-state index contributed by atoms with van der Waals surface area (Å²) in [5, 5.41) is 0. The number of hydrogen-bond acceptors (Lipinski definition) is 2. The first-order valence-corrected chi connectivity index (χ1v) is 8.96. The zero-order chi connectivity index (χ0) is 18.1. The third-order valence-electron chi connectivity index (χ3n) is 5.68. The van der Waals surface area contributed by atoms with E-state index >= 15 is 0 Å². The molecule has 0 amide bonds. The van der Waals surface area contributed by atoms with E-state index in [1.807, 2.05) is 42.5 Å². The van der Waals surface area contributed by atoms with Gasteiger partial charge in [0.05, 0.1) is 5.69 Å². The van der Waals surface area contributed by atoms with Crippen LogP contribution >= 0.6 is 0 Å². The number of para-hydroxylation sites is 1. The third kappa shape index (κ3) is 1.68. The Morgan fingerprint density at radius 3 is 1.30 bits per heavy atom. The summed E-state index contributed by atoms with van der Waals surface area (Å²) in [6.45, 7) is 0. The van der Waals surface area contributed by atoms with Crippen LogP contribution in [0.15, 0.2) is 88.5 Å². The second kappa shape index (κ2) is 4.98. The van der Waals surface area contributed by atoms with E-state index in [1.165, 1.54) is 4.57 Å². The molecule has 0 fully saturated rings. The van der Waals surface area contributed by atoms with Crippen LogP contribution in [-0.4, -0.2) is 13.9 Å². The Kier molecular flexibility index (Phi) is 2.68. The molecule has 2 aliphatic heterocycles. The zero-order valence-electron chi connectivity index (χ0n) is 14.3. The highest BCUT2D eigenvalue weighted by molar-refractivity contribution is 5.54. The van der Waals surface area contributed by atoms with Gasteiger partial charge in [0.15, 0.2) is 0 Å². The number of benzene rings is 3. The fourth-order valence-corrected chi connectivity index (χ4v) is 4.62. The highest BCUT2D eigenvalue weighted by Gasteiger charge is 2.44. The van der Waals surface area contributed by atoms with Gasteiger partial charge in [-0.15, -0.1) is 0 Å². The molecule has 4 aromatic rings. The van der Waals surface area contributed by atoms with Gasteiger partial charge in [-0.05, 0) is 34.4 Å². The van der Waals surface area contributed by atoms with Crippen molar-refractivity contribution in [2.75, 3.05) is 0 Å². The molecule has 0 saturated carbocycles. The Morgan fingerprint density at radius 2 is 0.889 bits per heavy atom. The molecule has 1 aliphatic carbocycles. The molecule has 0 unspecified atom stereocenters. The van der Waals surface area contributed by atoms with Crippen molar-refractivity contribution < 1.29 is 0 Å². The number of aromatic nitrogens is 3. The highest BCUT2D eigenvalue weighted by Crippen LogP contribution is 2.47. The van der Waals surface area contributed by atoms with Crippen LogP contribution in [0.3, 0.4) is 0 Å². The lowest BCUT2D eigenvalue weighted by atomic mass is 9.78. The Morgan fingerprint density at radius 1 is 0.519 bits per heavy atom. The van der Waals surface area contributed by atoms with Crippen LogP contribution in [-0.2, 0) is 0 Å². The van der Waals surface area contributed by atoms with Gasteiger partial charge < -0.3 is 0 Å². The standard InChI is InChI=1S/C22H15N3O2/c26-21-23(14-8-2-1-3-9-14)22(27)25-20-16-11-5-4-10-15(16)19(24(21)25)17-12-6-7-13-18(17)20/h1-13,19-20H. The van der Waals surface area contributed by atoms with Gasteiger partial charge in [0.25, 0.3) is 0 Å². The fourth-order valence-electron chi connectivity index (χ4n) is 4.62. The summed E-state index contributed by atoms with van der Waals surface area (Å²) < 4.78 is 4.53. The minimum absolute atomic E-state index is 0.285. The highest BCUT2D eigenvalue weighted by atomic mass is 16.2. The smallest absolute Gasteiger partial charge is 0.245 e. The second-order valence-corrected chi connectivity index (χ2v) is 6.99.